The summed E-state index contributed by atoms with van der Waals surface area (Å²) in [6.07, 6.45) is 0. The van der Waals surface area contributed by atoms with Gasteiger partial charge in [-0.3, -0.25) is 9.59 Å². The molecule has 0 aliphatic carbocycles. The summed E-state index contributed by atoms with van der Waals surface area (Å²) in [7, 11) is 0. The summed E-state index contributed by atoms with van der Waals surface area (Å²) in [4.78, 5) is 28.4. The lowest BCUT2D eigenvalue weighted by molar-refractivity contribution is -0.114. The third kappa shape index (κ3) is 4.83. The smallest absolute Gasteiger partial charge is 0.236 e. The Hall–Kier alpha value is -2.38. The van der Waals surface area contributed by atoms with E-state index in [9.17, 15) is 9.59 Å². The second-order valence-corrected chi connectivity index (χ2v) is 7.91. The summed E-state index contributed by atoms with van der Waals surface area (Å²) < 4.78 is 1.03. The highest BCUT2D eigenvalue weighted by molar-refractivity contribution is 8.00. The minimum absolute atomic E-state index is 0.116. The van der Waals surface area contributed by atoms with Crippen molar-refractivity contribution in [3.8, 4) is 0 Å². The average Bonchev–Trinajstić information content (AvgIpc) is 2.99. The van der Waals surface area contributed by atoms with E-state index in [1.165, 1.54) is 23.1 Å². The van der Waals surface area contributed by atoms with Gasteiger partial charge in [-0.15, -0.1) is 11.8 Å². The number of aromatic nitrogens is 1. The zero-order chi connectivity index (χ0) is 18.5. The zero-order valence-electron chi connectivity index (χ0n) is 14.5. The van der Waals surface area contributed by atoms with Crippen molar-refractivity contribution in [1.29, 1.82) is 0 Å². The van der Waals surface area contributed by atoms with Crippen LogP contribution in [0.15, 0.2) is 42.5 Å². The number of carbonyl (C=O) groups is 2. The number of nitrogens with zero attached hydrogens (tertiary/aromatic N) is 1. The number of aryl methyl sites for hydroxylation is 2. The summed E-state index contributed by atoms with van der Waals surface area (Å²) >= 11 is 2.71. The molecule has 26 heavy (non-hydrogen) atoms. The number of thioether (sulfide) groups is 1. The summed E-state index contributed by atoms with van der Waals surface area (Å²) in [5.74, 6) is 0.152. The van der Waals surface area contributed by atoms with Gasteiger partial charge in [-0.1, -0.05) is 41.2 Å². The molecule has 0 bridgehead atoms. The largest absolute Gasteiger partial charge is 0.325 e. The molecule has 3 rings (SSSR count). The summed E-state index contributed by atoms with van der Waals surface area (Å²) in [5, 5.41) is 6.24. The monoisotopic (exact) mass is 385 g/mol. The normalized spacial score (nSPS) is 10.7. The molecule has 134 valence electrons. The van der Waals surface area contributed by atoms with Gasteiger partial charge in [0, 0.05) is 5.69 Å². The van der Waals surface area contributed by atoms with Crippen molar-refractivity contribution in [3.63, 3.8) is 0 Å². The summed E-state index contributed by atoms with van der Waals surface area (Å²) in [6, 6.07) is 13.6. The van der Waals surface area contributed by atoms with Crippen molar-refractivity contribution in [3.05, 3.63) is 53.6 Å². The van der Waals surface area contributed by atoms with Gasteiger partial charge in [-0.25, -0.2) is 4.98 Å². The van der Waals surface area contributed by atoms with Crippen LogP contribution in [-0.4, -0.2) is 28.3 Å². The van der Waals surface area contributed by atoms with Crippen molar-refractivity contribution < 1.29 is 9.59 Å². The maximum absolute atomic E-state index is 12.0. The molecule has 2 aromatic carbocycles. The number of fused-ring (bicyclic) bond motifs is 1. The number of thiazole rings is 1. The standard InChI is InChI=1S/C19H19N3O2S2/c1-12-7-8-14(13(2)9-12)20-17(23)10-25-11-18(24)22-19-21-15-5-3-4-6-16(15)26-19/h3-9H,10-11H2,1-2H3,(H,20,23)(H,21,22,24). The number of anilines is 2. The molecule has 0 radical (unpaired) electrons. The van der Waals surface area contributed by atoms with Crippen LogP contribution in [0, 0.1) is 13.8 Å². The van der Waals surface area contributed by atoms with Crippen molar-refractivity contribution in [2.75, 3.05) is 22.1 Å². The molecule has 0 spiro atoms. The number of carbonyl (C=O) groups excluding carboxylic acids is 2. The van der Waals surface area contributed by atoms with Crippen molar-refractivity contribution in [2.24, 2.45) is 0 Å². The molecule has 2 amide bonds. The Labute approximate surface area is 160 Å². The lowest BCUT2D eigenvalue weighted by Crippen LogP contribution is -2.18. The first kappa shape index (κ1) is 18.4. The number of amides is 2. The molecule has 7 heteroatoms. The molecule has 5 nitrogen and oxygen atoms in total. The van der Waals surface area contributed by atoms with E-state index >= 15 is 0 Å². The summed E-state index contributed by atoms with van der Waals surface area (Å²) in [6.45, 7) is 3.97. The van der Waals surface area contributed by atoms with Gasteiger partial charge in [-0.2, -0.15) is 0 Å². The van der Waals surface area contributed by atoms with Gasteiger partial charge in [0.2, 0.25) is 11.8 Å². The first-order valence-corrected chi connectivity index (χ1v) is 10.1. The van der Waals surface area contributed by atoms with Gasteiger partial charge in [0.1, 0.15) is 0 Å². The molecule has 1 heterocycles. The van der Waals surface area contributed by atoms with E-state index in [0.717, 1.165) is 27.0 Å². The lowest BCUT2D eigenvalue weighted by atomic mass is 10.1. The number of hydrogen-bond acceptors (Lipinski definition) is 5. The van der Waals surface area contributed by atoms with E-state index in [-0.39, 0.29) is 23.3 Å². The van der Waals surface area contributed by atoms with E-state index in [1.807, 2.05) is 56.3 Å². The number of hydrogen-bond donors (Lipinski definition) is 2. The Morgan fingerprint density at radius 2 is 1.77 bits per heavy atom. The first-order chi connectivity index (χ1) is 12.5. The average molecular weight is 386 g/mol. The Morgan fingerprint density at radius 3 is 2.50 bits per heavy atom. The highest BCUT2D eigenvalue weighted by atomic mass is 32.2. The van der Waals surface area contributed by atoms with Gasteiger partial charge in [0.05, 0.1) is 21.7 Å². The van der Waals surface area contributed by atoms with Gasteiger partial charge in [0.25, 0.3) is 0 Å². The van der Waals surface area contributed by atoms with Gasteiger partial charge in [-0.05, 0) is 37.6 Å². The van der Waals surface area contributed by atoms with Crippen LogP contribution in [0.1, 0.15) is 11.1 Å². The Bertz CT molecular complexity index is 920. The molecular formula is C19H19N3O2S2. The van der Waals surface area contributed by atoms with Crippen LogP contribution in [0.2, 0.25) is 0 Å². The minimum Gasteiger partial charge on any atom is -0.325 e. The fraction of sp³-hybridized carbons (Fsp3) is 0.211. The molecule has 0 unspecified atom stereocenters. The molecule has 0 aliphatic heterocycles. The summed E-state index contributed by atoms with van der Waals surface area (Å²) in [5.41, 5.74) is 3.85. The number of benzene rings is 2. The van der Waals surface area contributed by atoms with E-state index in [4.69, 9.17) is 0 Å². The van der Waals surface area contributed by atoms with Crippen molar-refractivity contribution in [1.82, 2.24) is 4.98 Å². The maximum atomic E-state index is 12.0. The third-order valence-electron chi connectivity index (χ3n) is 3.66. The van der Waals surface area contributed by atoms with Gasteiger partial charge < -0.3 is 10.6 Å². The molecule has 2 N–H and O–H groups in total. The number of nitrogens with one attached hydrogen (secondary N) is 2. The molecule has 3 aromatic rings. The third-order valence-corrected chi connectivity index (χ3v) is 5.55. The Kier molecular flexibility index (Phi) is 5.90. The highest BCUT2D eigenvalue weighted by Gasteiger charge is 2.10. The van der Waals surface area contributed by atoms with Crippen molar-refractivity contribution in [2.45, 2.75) is 13.8 Å². The van der Waals surface area contributed by atoms with Crippen molar-refractivity contribution >= 4 is 55.9 Å². The molecule has 0 aliphatic rings. The Morgan fingerprint density at radius 1 is 1.04 bits per heavy atom. The van der Waals surface area contributed by atoms with Crippen LogP contribution in [-0.2, 0) is 9.59 Å². The predicted octanol–water partition coefficient (Wildman–Crippen LogP) is 4.22. The van der Waals surface area contributed by atoms with Gasteiger partial charge in [0.15, 0.2) is 5.13 Å². The van der Waals surface area contributed by atoms with Crippen LogP contribution in [0.25, 0.3) is 10.2 Å². The maximum Gasteiger partial charge on any atom is 0.236 e. The molecule has 0 saturated carbocycles. The lowest BCUT2D eigenvalue weighted by Gasteiger charge is -2.09. The van der Waals surface area contributed by atoms with Crippen LogP contribution in [0.5, 0.6) is 0 Å². The van der Waals surface area contributed by atoms with Crippen LogP contribution in [0.3, 0.4) is 0 Å². The highest BCUT2D eigenvalue weighted by Crippen LogP contribution is 2.25. The number of rotatable bonds is 6. The van der Waals surface area contributed by atoms with Crippen LogP contribution in [0.4, 0.5) is 10.8 Å². The fourth-order valence-electron chi connectivity index (χ4n) is 2.46. The predicted molar refractivity (Wildman–Crippen MR) is 110 cm³/mol. The molecule has 0 atom stereocenters. The van der Waals surface area contributed by atoms with Gasteiger partial charge >= 0.3 is 0 Å². The molecule has 0 fully saturated rings. The quantitative estimate of drug-likeness (QED) is 0.666. The minimum atomic E-state index is -0.159. The Balaban J connectivity index is 1.45. The second kappa shape index (κ2) is 8.33. The fourth-order valence-corrected chi connectivity index (χ4v) is 3.96. The zero-order valence-corrected chi connectivity index (χ0v) is 16.2. The molecule has 1 aromatic heterocycles. The number of para-hydroxylation sites is 1. The van der Waals surface area contributed by atoms with E-state index in [0.29, 0.717) is 5.13 Å². The van der Waals surface area contributed by atoms with Crippen LogP contribution >= 0.6 is 23.1 Å². The molecular weight excluding hydrogens is 366 g/mol. The topological polar surface area (TPSA) is 71.1 Å². The second-order valence-electron chi connectivity index (χ2n) is 5.89. The van der Waals surface area contributed by atoms with E-state index in [1.54, 1.807) is 0 Å². The first-order valence-electron chi connectivity index (χ1n) is 8.11. The van der Waals surface area contributed by atoms with Crippen LogP contribution < -0.4 is 10.6 Å². The van der Waals surface area contributed by atoms with E-state index in [2.05, 4.69) is 15.6 Å². The SMILES string of the molecule is Cc1ccc(NC(=O)CSCC(=O)Nc2nc3ccccc3s2)c(C)c1. The van der Waals surface area contributed by atoms with E-state index < -0.39 is 0 Å². The molecule has 0 saturated heterocycles.